The van der Waals surface area contributed by atoms with Gasteiger partial charge >= 0.3 is 11.9 Å². The zero-order valence-electron chi connectivity index (χ0n) is 19.8. The number of aliphatic carboxylic acids is 2. The summed E-state index contributed by atoms with van der Waals surface area (Å²) in [6.45, 7) is 5.32. The normalized spacial score (nSPS) is 14.3. The van der Waals surface area contributed by atoms with Crippen LogP contribution >= 0.6 is 11.3 Å². The number of carboxylic acids is 2. The van der Waals surface area contributed by atoms with E-state index in [1.807, 2.05) is 5.38 Å². The molecule has 12 nitrogen and oxygen atoms in total. The standard InChI is InChI=1S/C21H22FN5O3S.C2H2O4/c1-13-24-25-20(29-13)17-12-31-21(23-17)28-10-2-7-27-8-5-14(6-9-27)19-16-4-3-15(22)11-18(16)30-26-19;3-1(4)2(5)6/h3-4,11-12,14H,2,5-10H2,1H3;(H,3,4)(H,5,6). The first-order chi connectivity index (χ1) is 17.8. The summed E-state index contributed by atoms with van der Waals surface area (Å²) >= 11 is 1.43. The third kappa shape index (κ3) is 6.86. The second-order valence-electron chi connectivity index (χ2n) is 8.26. The molecule has 0 atom stereocenters. The number of carbonyl (C=O) groups is 2. The van der Waals surface area contributed by atoms with Crippen molar-refractivity contribution >= 4 is 34.2 Å². The number of nitrogens with zero attached hydrogens (tertiary/aromatic N) is 5. The van der Waals surface area contributed by atoms with Gasteiger partial charge in [0.1, 0.15) is 11.5 Å². The summed E-state index contributed by atoms with van der Waals surface area (Å²) < 4.78 is 29.8. The molecule has 0 saturated carbocycles. The van der Waals surface area contributed by atoms with Gasteiger partial charge in [-0.25, -0.2) is 14.0 Å². The molecular weight excluding hydrogens is 509 g/mol. The van der Waals surface area contributed by atoms with Crippen LogP contribution in [0.2, 0.25) is 0 Å². The monoisotopic (exact) mass is 533 g/mol. The van der Waals surface area contributed by atoms with Crippen molar-refractivity contribution in [3.63, 3.8) is 0 Å². The molecule has 5 rings (SSSR count). The first-order valence-electron chi connectivity index (χ1n) is 11.4. The number of aryl methyl sites for hydroxylation is 1. The molecule has 0 bridgehead atoms. The van der Waals surface area contributed by atoms with Gasteiger partial charge in [-0.1, -0.05) is 16.5 Å². The number of rotatable bonds is 7. The first-order valence-corrected chi connectivity index (χ1v) is 12.3. The number of thiazole rings is 1. The number of halogens is 1. The smallest absolute Gasteiger partial charge is 0.414 e. The fourth-order valence-electron chi connectivity index (χ4n) is 3.92. The number of ether oxygens (including phenoxy) is 1. The average molecular weight is 534 g/mol. The van der Waals surface area contributed by atoms with Gasteiger partial charge in [0.2, 0.25) is 5.89 Å². The van der Waals surface area contributed by atoms with E-state index in [9.17, 15) is 4.39 Å². The van der Waals surface area contributed by atoms with Gasteiger partial charge in [-0.2, -0.15) is 4.98 Å². The lowest BCUT2D eigenvalue weighted by molar-refractivity contribution is -0.159. The average Bonchev–Trinajstić information content (AvgIpc) is 3.62. The fraction of sp³-hybridized carbons (Fsp3) is 0.391. The highest BCUT2D eigenvalue weighted by atomic mass is 32.1. The van der Waals surface area contributed by atoms with Crippen molar-refractivity contribution in [2.75, 3.05) is 26.2 Å². The minimum atomic E-state index is -1.82. The molecule has 0 aliphatic carbocycles. The number of carboxylic acid groups (broad SMARTS) is 2. The quantitative estimate of drug-likeness (QED) is 0.262. The summed E-state index contributed by atoms with van der Waals surface area (Å²) in [5, 5.41) is 30.2. The Hall–Kier alpha value is -3.91. The van der Waals surface area contributed by atoms with Crippen molar-refractivity contribution in [1.82, 2.24) is 25.2 Å². The highest BCUT2D eigenvalue weighted by molar-refractivity contribution is 7.11. The predicted molar refractivity (Wildman–Crippen MR) is 128 cm³/mol. The number of hydrogen-bond acceptors (Lipinski definition) is 11. The Labute approximate surface area is 213 Å². The van der Waals surface area contributed by atoms with Crippen molar-refractivity contribution in [2.45, 2.75) is 32.1 Å². The van der Waals surface area contributed by atoms with Crippen LogP contribution in [0, 0.1) is 12.7 Å². The zero-order valence-corrected chi connectivity index (χ0v) is 20.6. The molecule has 0 radical (unpaired) electrons. The molecule has 37 heavy (non-hydrogen) atoms. The number of fused-ring (bicyclic) bond motifs is 1. The summed E-state index contributed by atoms with van der Waals surface area (Å²) in [5.74, 6) is -2.67. The Morgan fingerprint density at radius 1 is 1.22 bits per heavy atom. The van der Waals surface area contributed by atoms with Gasteiger partial charge in [0.05, 0.1) is 12.3 Å². The van der Waals surface area contributed by atoms with Crippen LogP contribution in [-0.4, -0.2) is 73.6 Å². The molecule has 14 heteroatoms. The Morgan fingerprint density at radius 2 is 1.97 bits per heavy atom. The Morgan fingerprint density at radius 3 is 2.65 bits per heavy atom. The van der Waals surface area contributed by atoms with Crippen molar-refractivity contribution in [2.24, 2.45) is 0 Å². The lowest BCUT2D eigenvalue weighted by atomic mass is 9.91. The lowest BCUT2D eigenvalue weighted by Gasteiger charge is -2.31. The molecule has 0 spiro atoms. The molecule has 1 aliphatic rings. The van der Waals surface area contributed by atoms with E-state index >= 15 is 0 Å². The predicted octanol–water partition coefficient (Wildman–Crippen LogP) is 3.59. The van der Waals surface area contributed by atoms with Crippen LogP contribution in [0.25, 0.3) is 22.6 Å². The van der Waals surface area contributed by atoms with Gasteiger partial charge in [0.15, 0.2) is 5.58 Å². The minimum absolute atomic E-state index is 0.300. The van der Waals surface area contributed by atoms with E-state index in [1.54, 1.807) is 13.0 Å². The number of likely N-dealkylation sites (tertiary alicyclic amines) is 1. The summed E-state index contributed by atoms with van der Waals surface area (Å²) in [5.41, 5.74) is 2.12. The van der Waals surface area contributed by atoms with Crippen LogP contribution in [0.3, 0.4) is 0 Å². The summed E-state index contributed by atoms with van der Waals surface area (Å²) in [7, 11) is 0. The topological polar surface area (TPSA) is 165 Å². The van der Waals surface area contributed by atoms with E-state index in [-0.39, 0.29) is 5.82 Å². The van der Waals surface area contributed by atoms with E-state index < -0.39 is 11.9 Å². The molecule has 196 valence electrons. The molecule has 4 aromatic rings. The van der Waals surface area contributed by atoms with Gasteiger partial charge in [0.25, 0.3) is 11.1 Å². The highest BCUT2D eigenvalue weighted by Gasteiger charge is 2.25. The Kier molecular flexibility index (Phi) is 8.40. The maximum absolute atomic E-state index is 13.4. The molecule has 0 unspecified atom stereocenters. The van der Waals surface area contributed by atoms with Crippen LogP contribution in [0.5, 0.6) is 5.19 Å². The minimum Gasteiger partial charge on any atom is -0.473 e. The third-order valence-electron chi connectivity index (χ3n) is 5.69. The fourth-order valence-corrected chi connectivity index (χ4v) is 4.59. The van der Waals surface area contributed by atoms with E-state index in [0.717, 1.165) is 50.0 Å². The number of benzene rings is 1. The molecule has 0 amide bonds. The van der Waals surface area contributed by atoms with Gasteiger partial charge < -0.3 is 28.8 Å². The molecule has 3 aromatic heterocycles. The second-order valence-corrected chi connectivity index (χ2v) is 9.08. The van der Waals surface area contributed by atoms with Crippen LogP contribution in [0.15, 0.2) is 32.5 Å². The van der Waals surface area contributed by atoms with Crippen LogP contribution in [-0.2, 0) is 9.59 Å². The van der Waals surface area contributed by atoms with E-state index in [4.69, 9.17) is 33.5 Å². The van der Waals surface area contributed by atoms with Gasteiger partial charge in [0, 0.05) is 36.2 Å². The van der Waals surface area contributed by atoms with Gasteiger partial charge in [-0.3, -0.25) is 0 Å². The molecule has 4 heterocycles. The zero-order chi connectivity index (χ0) is 26.4. The SMILES string of the molecule is Cc1nnc(-c2csc(OCCCN3CCC(c4noc5cc(F)ccc45)CC3)n2)o1.O=C(O)C(=O)O. The molecular formula is C23H24FN5O7S. The largest absolute Gasteiger partial charge is 0.473 e. The Balaban J connectivity index is 0.000000480. The van der Waals surface area contributed by atoms with Crippen molar-refractivity contribution in [1.29, 1.82) is 0 Å². The number of aromatic nitrogens is 4. The molecule has 2 N–H and O–H groups in total. The van der Waals surface area contributed by atoms with Crippen LogP contribution < -0.4 is 4.74 Å². The van der Waals surface area contributed by atoms with Crippen LogP contribution in [0.1, 0.15) is 36.8 Å². The highest BCUT2D eigenvalue weighted by Crippen LogP contribution is 2.33. The maximum Gasteiger partial charge on any atom is 0.414 e. The van der Waals surface area contributed by atoms with Crippen LogP contribution in [0.4, 0.5) is 4.39 Å². The summed E-state index contributed by atoms with van der Waals surface area (Å²) in [4.78, 5) is 25.0. The molecule has 1 saturated heterocycles. The first kappa shape index (κ1) is 26.2. The maximum atomic E-state index is 13.4. The third-order valence-corrected chi connectivity index (χ3v) is 6.44. The van der Waals surface area contributed by atoms with E-state index in [2.05, 4.69) is 25.2 Å². The lowest BCUT2D eigenvalue weighted by Crippen LogP contribution is -2.34. The summed E-state index contributed by atoms with van der Waals surface area (Å²) in [6, 6.07) is 4.63. The molecule has 1 aromatic carbocycles. The second kappa shape index (κ2) is 11.9. The van der Waals surface area contributed by atoms with Gasteiger partial charge in [-0.15, -0.1) is 10.2 Å². The van der Waals surface area contributed by atoms with Crippen molar-refractivity contribution in [3.8, 4) is 16.8 Å². The molecule has 1 fully saturated rings. The van der Waals surface area contributed by atoms with Crippen molar-refractivity contribution < 1.29 is 37.9 Å². The van der Waals surface area contributed by atoms with Crippen molar-refractivity contribution in [3.05, 3.63) is 41.0 Å². The Bertz CT molecular complexity index is 1350. The van der Waals surface area contributed by atoms with E-state index in [0.29, 0.717) is 40.8 Å². The summed E-state index contributed by atoms with van der Waals surface area (Å²) in [6.07, 6.45) is 2.95. The molecule has 1 aliphatic heterocycles. The van der Waals surface area contributed by atoms with Gasteiger partial charge in [-0.05, 0) is 44.5 Å². The number of piperidine rings is 1. The number of hydrogen-bond donors (Lipinski definition) is 2. The van der Waals surface area contributed by atoms with E-state index in [1.165, 1.54) is 23.5 Å².